The van der Waals surface area contributed by atoms with E-state index in [0.717, 1.165) is 37.8 Å². The number of carbonyl (C=O) groups excluding carboxylic acids is 2. The van der Waals surface area contributed by atoms with Crippen LogP contribution in [0.5, 0.6) is 11.5 Å². The van der Waals surface area contributed by atoms with Crippen LogP contribution in [0.1, 0.15) is 62.4 Å². The van der Waals surface area contributed by atoms with E-state index in [0.29, 0.717) is 36.8 Å². The molecule has 2 amide bonds. The van der Waals surface area contributed by atoms with Crippen molar-refractivity contribution in [2.45, 2.75) is 64.0 Å². The second kappa shape index (κ2) is 13.1. The molecule has 0 radical (unpaired) electrons. The predicted octanol–water partition coefficient (Wildman–Crippen LogP) is 4.61. The second-order valence-corrected chi connectivity index (χ2v) is 11.1. The number of ether oxygens (including phenoxy) is 3. The number of alkyl halides is 2. The molecule has 9 nitrogen and oxygen atoms in total. The summed E-state index contributed by atoms with van der Waals surface area (Å²) in [5.74, 6) is -1.18. The molecule has 2 saturated carbocycles. The van der Waals surface area contributed by atoms with Gasteiger partial charge in [0, 0.05) is 30.2 Å². The molecule has 0 aromatic heterocycles. The molecular formula is C30H34F4N4O5. The summed E-state index contributed by atoms with van der Waals surface area (Å²) in [5, 5.41) is 5.43. The molecular weight excluding hydrogens is 572 g/mol. The molecule has 0 saturated heterocycles. The highest BCUT2D eigenvalue weighted by atomic mass is 19.3. The number of nitrogens with zero attached hydrogens (tertiary/aromatic N) is 1. The van der Waals surface area contributed by atoms with E-state index in [4.69, 9.17) is 15.2 Å². The maximum absolute atomic E-state index is 15.4. The second-order valence-electron chi connectivity index (χ2n) is 11.1. The monoisotopic (exact) mass is 606 g/mol. The molecule has 2 aliphatic carbocycles. The van der Waals surface area contributed by atoms with Gasteiger partial charge in [0.2, 0.25) is 18.5 Å². The van der Waals surface area contributed by atoms with E-state index in [-0.39, 0.29) is 41.1 Å². The maximum Gasteiger partial charge on any atom is 0.387 e. The molecule has 5 rings (SSSR count). The third kappa shape index (κ3) is 7.51. The molecule has 3 aliphatic rings. The van der Waals surface area contributed by atoms with Gasteiger partial charge in [0.05, 0.1) is 18.7 Å². The van der Waals surface area contributed by atoms with E-state index >= 15 is 4.39 Å². The first-order valence-electron chi connectivity index (χ1n) is 14.2. The van der Waals surface area contributed by atoms with Crippen LogP contribution in [0.25, 0.3) is 0 Å². The number of nitrogens with one attached hydrogen (secondary N) is 2. The average molecular weight is 607 g/mol. The standard InChI is InChI=1S/C30H34F4N4O5/c1-16(35)27-28(37-15-39)38(23(13-36-26(40)10-17-2-3-17)21-8-7-20(31)12-22(21)32)29(43-27)19-6-9-24(42-30(33)34)25(11-19)41-14-18-4-5-18/h6-9,11-12,15-18,23,29-30H,2-5,10,13-14,35H2,1H3,(H,36,40)(H,37,39)/t16-,23?,29?/m0/s1. The maximum atomic E-state index is 15.4. The molecule has 43 heavy (non-hydrogen) atoms. The molecule has 4 N–H and O–H groups in total. The lowest BCUT2D eigenvalue weighted by molar-refractivity contribution is -0.122. The molecule has 2 aromatic rings. The van der Waals surface area contributed by atoms with Crippen molar-refractivity contribution in [1.29, 1.82) is 0 Å². The highest BCUT2D eigenvalue weighted by Crippen LogP contribution is 2.45. The Balaban J connectivity index is 1.57. The SMILES string of the molecule is C[C@H](N)C1=C(NC=O)N(C(CNC(=O)CC2CC2)c2ccc(F)cc2F)C(c2ccc(OC(F)F)c(OCC3CC3)c2)O1. The first kappa shape index (κ1) is 30.5. The lowest BCUT2D eigenvalue weighted by Gasteiger charge is -2.36. The van der Waals surface area contributed by atoms with Gasteiger partial charge in [-0.05, 0) is 68.7 Å². The van der Waals surface area contributed by atoms with E-state index in [1.54, 1.807) is 6.92 Å². The van der Waals surface area contributed by atoms with Gasteiger partial charge < -0.3 is 35.5 Å². The first-order chi connectivity index (χ1) is 20.6. The molecule has 2 fully saturated rings. The molecule has 2 aromatic carbocycles. The van der Waals surface area contributed by atoms with Crippen molar-refractivity contribution >= 4 is 12.3 Å². The Morgan fingerprint density at radius 3 is 2.49 bits per heavy atom. The van der Waals surface area contributed by atoms with Crippen molar-refractivity contribution in [3.8, 4) is 11.5 Å². The molecule has 232 valence electrons. The number of carbonyl (C=O) groups is 2. The van der Waals surface area contributed by atoms with Gasteiger partial charge in [0.15, 0.2) is 23.1 Å². The molecule has 0 bridgehead atoms. The third-order valence-electron chi connectivity index (χ3n) is 7.55. The number of benzene rings is 2. The summed E-state index contributed by atoms with van der Waals surface area (Å²) in [6.45, 7) is -1.30. The summed E-state index contributed by atoms with van der Waals surface area (Å²) in [7, 11) is 0. The number of halogens is 4. The van der Waals surface area contributed by atoms with Crippen molar-refractivity contribution in [2.75, 3.05) is 13.2 Å². The van der Waals surface area contributed by atoms with Crippen molar-refractivity contribution < 1.29 is 41.4 Å². The molecule has 0 spiro atoms. The number of hydrogen-bond donors (Lipinski definition) is 3. The van der Waals surface area contributed by atoms with Crippen molar-refractivity contribution in [3.63, 3.8) is 0 Å². The van der Waals surface area contributed by atoms with Crippen LogP contribution >= 0.6 is 0 Å². The van der Waals surface area contributed by atoms with Gasteiger partial charge in [-0.2, -0.15) is 8.78 Å². The van der Waals surface area contributed by atoms with Crippen LogP contribution in [0.4, 0.5) is 17.6 Å². The molecule has 1 aliphatic heterocycles. The Morgan fingerprint density at radius 2 is 1.86 bits per heavy atom. The van der Waals surface area contributed by atoms with Gasteiger partial charge in [0.25, 0.3) is 0 Å². The smallest absolute Gasteiger partial charge is 0.387 e. The van der Waals surface area contributed by atoms with E-state index in [1.165, 1.54) is 29.2 Å². The lowest BCUT2D eigenvalue weighted by Crippen LogP contribution is -2.41. The highest BCUT2D eigenvalue weighted by Gasteiger charge is 2.42. The number of hydrogen-bond acceptors (Lipinski definition) is 7. The van der Waals surface area contributed by atoms with Crippen LogP contribution < -0.4 is 25.8 Å². The molecule has 3 atom stereocenters. The third-order valence-corrected chi connectivity index (χ3v) is 7.55. The normalized spacial score (nSPS) is 19.6. The van der Waals surface area contributed by atoms with Crippen LogP contribution in [0.15, 0.2) is 48.0 Å². The van der Waals surface area contributed by atoms with Crippen LogP contribution in [-0.4, -0.2) is 43.0 Å². The minimum Gasteiger partial charge on any atom is -0.489 e. The fourth-order valence-electron chi connectivity index (χ4n) is 5.02. The van der Waals surface area contributed by atoms with Gasteiger partial charge in [0.1, 0.15) is 11.6 Å². The zero-order chi connectivity index (χ0) is 30.7. The van der Waals surface area contributed by atoms with Crippen molar-refractivity contribution in [1.82, 2.24) is 15.5 Å². The fourth-order valence-corrected chi connectivity index (χ4v) is 5.02. The Kier molecular flexibility index (Phi) is 9.28. The van der Waals surface area contributed by atoms with Crippen LogP contribution in [0.2, 0.25) is 0 Å². The van der Waals surface area contributed by atoms with Crippen LogP contribution in [0.3, 0.4) is 0 Å². The van der Waals surface area contributed by atoms with E-state index in [9.17, 15) is 22.8 Å². The van der Waals surface area contributed by atoms with Crippen LogP contribution in [-0.2, 0) is 14.3 Å². The molecule has 13 heteroatoms. The topological polar surface area (TPSA) is 115 Å². The number of amides is 2. The van der Waals surface area contributed by atoms with E-state index < -0.39 is 36.6 Å². The highest BCUT2D eigenvalue weighted by molar-refractivity contribution is 5.76. The number of nitrogens with two attached hydrogens (primary N) is 1. The van der Waals surface area contributed by atoms with Gasteiger partial charge in [-0.3, -0.25) is 9.59 Å². The minimum atomic E-state index is -3.09. The number of rotatable bonds is 15. The van der Waals surface area contributed by atoms with Crippen molar-refractivity contribution in [2.24, 2.45) is 17.6 Å². The fraction of sp³-hybridized carbons (Fsp3) is 0.467. The summed E-state index contributed by atoms with van der Waals surface area (Å²) >= 11 is 0. The zero-order valence-corrected chi connectivity index (χ0v) is 23.5. The van der Waals surface area contributed by atoms with Gasteiger partial charge in [-0.1, -0.05) is 6.07 Å². The Bertz CT molecular complexity index is 1370. The van der Waals surface area contributed by atoms with E-state index in [2.05, 4.69) is 15.4 Å². The Labute approximate surface area is 246 Å². The quantitative estimate of drug-likeness (QED) is 0.201. The zero-order valence-electron chi connectivity index (χ0n) is 23.5. The van der Waals surface area contributed by atoms with E-state index in [1.807, 2.05) is 0 Å². The largest absolute Gasteiger partial charge is 0.489 e. The summed E-state index contributed by atoms with van der Waals surface area (Å²) in [6.07, 6.45) is 3.46. The minimum absolute atomic E-state index is 0.0145. The summed E-state index contributed by atoms with van der Waals surface area (Å²) in [5.41, 5.74) is 6.60. The average Bonchev–Trinajstić information content (AvgIpc) is 3.89. The summed E-state index contributed by atoms with van der Waals surface area (Å²) < 4.78 is 72.4. The lowest BCUT2D eigenvalue weighted by atomic mass is 10.0. The molecule has 2 unspecified atom stereocenters. The molecule has 1 heterocycles. The van der Waals surface area contributed by atoms with Gasteiger partial charge in [-0.15, -0.1) is 0 Å². The van der Waals surface area contributed by atoms with Crippen molar-refractivity contribution in [3.05, 3.63) is 70.7 Å². The van der Waals surface area contributed by atoms with Gasteiger partial charge in [-0.25, -0.2) is 8.78 Å². The Hall–Kier alpha value is -4.00. The Morgan fingerprint density at radius 1 is 1.12 bits per heavy atom. The van der Waals surface area contributed by atoms with Crippen LogP contribution in [0, 0.1) is 23.5 Å². The predicted molar refractivity (Wildman–Crippen MR) is 146 cm³/mol. The summed E-state index contributed by atoms with van der Waals surface area (Å²) in [4.78, 5) is 26.0. The van der Waals surface area contributed by atoms with Gasteiger partial charge >= 0.3 is 6.61 Å². The first-order valence-corrected chi connectivity index (χ1v) is 14.2. The summed E-state index contributed by atoms with van der Waals surface area (Å²) in [6, 6.07) is 5.57.